The molecule has 1 radical (unpaired) electrons. The number of aromatic nitrogens is 3. The van der Waals surface area contributed by atoms with E-state index in [1.165, 1.54) is 44.1 Å². The van der Waals surface area contributed by atoms with Gasteiger partial charge < -0.3 is 9.67 Å². The van der Waals surface area contributed by atoms with Crippen molar-refractivity contribution in [2.24, 2.45) is 17.9 Å². The summed E-state index contributed by atoms with van der Waals surface area (Å²) in [6.07, 6.45) is 4.75. The van der Waals surface area contributed by atoms with E-state index in [1.807, 2.05) is 48.5 Å². The molecule has 0 unspecified atom stereocenters. The van der Waals surface area contributed by atoms with E-state index >= 15 is 0 Å². The van der Waals surface area contributed by atoms with Gasteiger partial charge in [0.05, 0.1) is 16.6 Å². The molecule has 6 heteroatoms. The molecule has 265 valence electrons. The zero-order chi connectivity index (χ0) is 35.7. The van der Waals surface area contributed by atoms with Crippen LogP contribution in [0.1, 0.15) is 98.4 Å². The Balaban J connectivity index is 0.000000269. The molecule has 6 rings (SSSR count). The third-order valence-corrected chi connectivity index (χ3v) is 11.1. The van der Waals surface area contributed by atoms with Crippen LogP contribution in [-0.2, 0) is 31.9 Å². The fourth-order valence-electron chi connectivity index (χ4n) is 6.73. The number of carbonyl (C=O) groups is 1. The van der Waals surface area contributed by atoms with Crippen LogP contribution in [0, 0.1) is 23.8 Å². The Kier molecular flexibility index (Phi) is 12.1. The molecular formula is C44H52IrN3O2-. The van der Waals surface area contributed by atoms with E-state index in [0.29, 0.717) is 5.92 Å². The Morgan fingerprint density at radius 3 is 2.02 bits per heavy atom. The number of nitrogens with zero attached hydrogens (tertiary/aromatic N) is 3. The number of aliphatic hydroxyl groups is 1. The first kappa shape index (κ1) is 38.9. The van der Waals surface area contributed by atoms with E-state index in [9.17, 15) is 9.90 Å². The van der Waals surface area contributed by atoms with Gasteiger partial charge in [-0.3, -0.25) is 9.78 Å². The van der Waals surface area contributed by atoms with E-state index in [4.69, 9.17) is 9.97 Å². The van der Waals surface area contributed by atoms with Gasteiger partial charge in [0.25, 0.3) is 0 Å². The predicted octanol–water partition coefficient (Wildman–Crippen LogP) is 12.0. The van der Waals surface area contributed by atoms with Gasteiger partial charge in [-0.05, 0) is 55.5 Å². The molecule has 0 atom stereocenters. The van der Waals surface area contributed by atoms with Gasteiger partial charge in [-0.15, -0.1) is 29.1 Å². The number of carbonyl (C=O) groups excluding carboxylic acids is 1. The number of rotatable bonds is 9. The van der Waals surface area contributed by atoms with Gasteiger partial charge in [-0.1, -0.05) is 109 Å². The molecule has 4 aromatic carbocycles. The summed E-state index contributed by atoms with van der Waals surface area (Å²) >= 11 is 0. The molecule has 2 aromatic heterocycles. The minimum atomic E-state index is -0.337. The molecule has 0 spiro atoms. The van der Waals surface area contributed by atoms with E-state index in [0.717, 1.165) is 53.8 Å². The summed E-state index contributed by atoms with van der Waals surface area (Å²) in [5.74, 6) is 1.49. The first-order chi connectivity index (χ1) is 23.3. The van der Waals surface area contributed by atoms with Gasteiger partial charge in [0.1, 0.15) is 11.6 Å². The molecule has 0 aliphatic carbocycles. The molecule has 6 aromatic rings. The van der Waals surface area contributed by atoms with Crippen molar-refractivity contribution >= 4 is 49.3 Å². The Hall–Kier alpha value is -3.86. The van der Waals surface area contributed by atoms with Gasteiger partial charge in [0, 0.05) is 60.5 Å². The van der Waals surface area contributed by atoms with Gasteiger partial charge >= 0.3 is 0 Å². The topological polar surface area (TPSA) is 68.0 Å². The van der Waals surface area contributed by atoms with Gasteiger partial charge in [0.2, 0.25) is 0 Å². The number of benzene rings is 4. The fraction of sp³-hybridized carbons (Fsp3) is 0.386. The van der Waals surface area contributed by atoms with Crippen LogP contribution in [0.4, 0.5) is 0 Å². The van der Waals surface area contributed by atoms with Crippen molar-refractivity contribution in [2.45, 2.75) is 93.9 Å². The van der Waals surface area contributed by atoms with E-state index in [1.54, 1.807) is 0 Å². The summed E-state index contributed by atoms with van der Waals surface area (Å²) in [4.78, 5) is 22.0. The molecule has 5 nitrogen and oxygen atoms in total. The molecule has 0 saturated heterocycles. The third-order valence-electron chi connectivity index (χ3n) is 11.1. The molecule has 0 saturated carbocycles. The molecule has 0 aliphatic heterocycles. The van der Waals surface area contributed by atoms with Crippen molar-refractivity contribution in [1.82, 2.24) is 14.5 Å². The zero-order valence-electron chi connectivity index (χ0n) is 31.4. The molecule has 50 heavy (non-hydrogen) atoms. The average molecular weight is 847 g/mol. The van der Waals surface area contributed by atoms with Gasteiger partial charge in [-0.25, -0.2) is 4.98 Å². The van der Waals surface area contributed by atoms with Crippen LogP contribution in [0.2, 0.25) is 0 Å². The summed E-state index contributed by atoms with van der Waals surface area (Å²) in [5, 5.41) is 16.3. The van der Waals surface area contributed by atoms with Crippen molar-refractivity contribution in [3.8, 4) is 11.3 Å². The molecule has 0 bridgehead atoms. The SMILES string of the molecule is CCC(C)(CC)C(=O)/C=C(\O)C(C)(CC)CC.Cc1nc(-c2[c-]cc3ccccc3c2)c2c(n1)c1cc(C(C)C)c3ccccc3c1n2C.[Ir]. The number of aliphatic hydroxyl groups excluding tert-OH is 1. The zero-order valence-corrected chi connectivity index (χ0v) is 33.8. The summed E-state index contributed by atoms with van der Waals surface area (Å²) in [6.45, 7) is 18.6. The van der Waals surface area contributed by atoms with Crippen molar-refractivity contribution in [3.05, 3.63) is 96.0 Å². The maximum Gasteiger partial charge on any atom is 0.164 e. The van der Waals surface area contributed by atoms with Gasteiger partial charge in [0.15, 0.2) is 5.78 Å². The first-order valence-corrected chi connectivity index (χ1v) is 17.9. The smallest absolute Gasteiger partial charge is 0.164 e. The van der Waals surface area contributed by atoms with Crippen LogP contribution < -0.4 is 0 Å². The Labute approximate surface area is 311 Å². The first-order valence-electron chi connectivity index (χ1n) is 17.9. The Bertz CT molecular complexity index is 2190. The fourth-order valence-corrected chi connectivity index (χ4v) is 6.73. The number of allylic oxidation sites excluding steroid dienone is 2. The number of hydrogen-bond acceptors (Lipinski definition) is 4. The quantitative estimate of drug-likeness (QED) is 0.0894. The summed E-state index contributed by atoms with van der Waals surface area (Å²) in [6, 6.07) is 27.2. The third kappa shape index (κ3) is 7.16. The van der Waals surface area contributed by atoms with Crippen LogP contribution >= 0.6 is 0 Å². The maximum atomic E-state index is 12.2. The van der Waals surface area contributed by atoms with Crippen LogP contribution in [0.25, 0.3) is 54.7 Å². The minimum Gasteiger partial charge on any atom is -0.512 e. The van der Waals surface area contributed by atoms with E-state index in [2.05, 4.69) is 98.3 Å². The molecular weight excluding hydrogens is 795 g/mol. The number of aryl methyl sites for hydroxylation is 2. The van der Waals surface area contributed by atoms with Crippen molar-refractivity contribution < 1.29 is 30.0 Å². The normalized spacial score (nSPS) is 12.4. The largest absolute Gasteiger partial charge is 0.512 e. The average Bonchev–Trinajstić information content (AvgIpc) is 3.40. The number of ketones is 1. The molecule has 1 N–H and O–H groups in total. The van der Waals surface area contributed by atoms with Crippen LogP contribution in [0.5, 0.6) is 0 Å². The van der Waals surface area contributed by atoms with Crippen molar-refractivity contribution in [1.29, 1.82) is 0 Å². The van der Waals surface area contributed by atoms with E-state index < -0.39 is 0 Å². The summed E-state index contributed by atoms with van der Waals surface area (Å²) < 4.78 is 2.27. The number of hydrogen-bond donors (Lipinski definition) is 1. The van der Waals surface area contributed by atoms with Crippen LogP contribution in [-0.4, -0.2) is 25.4 Å². The maximum absolute atomic E-state index is 12.2. The Morgan fingerprint density at radius 1 is 0.840 bits per heavy atom. The second-order valence-corrected chi connectivity index (χ2v) is 14.3. The standard InChI is InChI=1S/C29H24N3.C15H28O2.Ir/c1-17(2)24-16-25-27-29(32(4)28(25)23-12-8-7-11-22(23)24)26(30-18(3)31-27)21-14-13-19-9-5-6-10-20(19)15-21;1-7-14(5,8-2)12(16)11-13(17)15(6,9-3)10-4;/h5-13,15-17H,1-4H3;11,16H,7-10H2,1-6H3;/q-1;;/b;12-11-;. The van der Waals surface area contributed by atoms with Crippen molar-refractivity contribution in [2.75, 3.05) is 0 Å². The molecule has 0 amide bonds. The summed E-state index contributed by atoms with van der Waals surface area (Å²) in [5.41, 5.74) is 5.97. The Morgan fingerprint density at radius 2 is 1.42 bits per heavy atom. The second kappa shape index (κ2) is 15.6. The van der Waals surface area contributed by atoms with Crippen molar-refractivity contribution in [3.63, 3.8) is 0 Å². The van der Waals surface area contributed by atoms with Crippen LogP contribution in [0.3, 0.4) is 0 Å². The molecule has 0 aliphatic rings. The minimum absolute atomic E-state index is 0. The summed E-state index contributed by atoms with van der Waals surface area (Å²) in [7, 11) is 2.13. The van der Waals surface area contributed by atoms with Crippen LogP contribution in [0.15, 0.2) is 78.6 Å². The number of fused-ring (bicyclic) bond motifs is 6. The van der Waals surface area contributed by atoms with E-state index in [-0.39, 0.29) is 42.5 Å². The molecule has 2 heterocycles. The monoisotopic (exact) mass is 847 g/mol. The molecule has 0 fully saturated rings. The predicted molar refractivity (Wildman–Crippen MR) is 207 cm³/mol. The second-order valence-electron chi connectivity index (χ2n) is 14.3. The van der Waals surface area contributed by atoms with Gasteiger partial charge in [-0.2, -0.15) is 0 Å².